The number of hydrogen-bond donors (Lipinski definition) is 1. The number of halogens is 1. The number of benzene rings is 1. The molecule has 0 bridgehead atoms. The number of aromatic hydroxyl groups is 1. The van der Waals surface area contributed by atoms with E-state index in [2.05, 4.69) is 36.4 Å². The first-order valence-corrected chi connectivity index (χ1v) is 9.64. The van der Waals surface area contributed by atoms with Crippen molar-refractivity contribution in [3.05, 3.63) is 31.0 Å². The lowest BCUT2D eigenvalue weighted by Gasteiger charge is -2.47. The number of nitrogens with zero attached hydrogens (tertiary/aromatic N) is 2. The minimum absolute atomic E-state index is 0.299. The molecule has 1 radical (unpaired) electrons. The van der Waals surface area contributed by atoms with Gasteiger partial charge in [-0.25, -0.2) is 0 Å². The Hall–Kier alpha value is -0.660. The maximum Gasteiger partial charge on any atom is 0.270 e. The molecule has 1 unspecified atom stereocenters. The van der Waals surface area contributed by atoms with E-state index in [9.17, 15) is 5.11 Å². The van der Waals surface area contributed by atoms with Crippen molar-refractivity contribution in [2.75, 3.05) is 0 Å². The summed E-state index contributed by atoms with van der Waals surface area (Å²) in [6.07, 6.45) is 8.69. The fourth-order valence-corrected chi connectivity index (χ4v) is 5.37. The van der Waals surface area contributed by atoms with Crippen LogP contribution in [-0.4, -0.2) is 16.1 Å². The molecule has 0 aliphatic heterocycles. The summed E-state index contributed by atoms with van der Waals surface area (Å²) >= 11 is 4.14. The highest BCUT2D eigenvalue weighted by molar-refractivity contribution is 7.22. The number of rotatable bonds is 4. The van der Waals surface area contributed by atoms with Crippen LogP contribution in [0.5, 0.6) is 5.75 Å². The molecule has 119 valence electrons. The van der Waals surface area contributed by atoms with Crippen LogP contribution in [0.2, 0.25) is 0 Å². The molecule has 3 rings (SSSR count). The summed E-state index contributed by atoms with van der Waals surface area (Å²) in [5.41, 5.74) is 0.953. The van der Waals surface area contributed by atoms with E-state index in [-0.39, 0.29) is 0 Å². The van der Waals surface area contributed by atoms with Crippen molar-refractivity contribution in [1.29, 1.82) is 0 Å². The Labute approximate surface area is 149 Å². The second-order valence-electron chi connectivity index (χ2n) is 6.16. The number of aromatic nitrogens is 1. The monoisotopic (exact) mass is 429 g/mol. The van der Waals surface area contributed by atoms with Gasteiger partial charge in [0.15, 0.2) is 0 Å². The van der Waals surface area contributed by atoms with E-state index < -0.39 is 0 Å². The quantitative estimate of drug-likeness (QED) is 0.595. The average molecular weight is 429 g/mol. The van der Waals surface area contributed by atoms with Gasteiger partial charge in [0.05, 0.1) is 22.5 Å². The van der Waals surface area contributed by atoms with Crippen molar-refractivity contribution in [2.45, 2.75) is 45.1 Å². The van der Waals surface area contributed by atoms with Crippen LogP contribution in [0, 0.1) is 5.92 Å². The molecule has 3 nitrogen and oxygen atoms in total. The van der Waals surface area contributed by atoms with Gasteiger partial charge in [0.1, 0.15) is 5.75 Å². The second kappa shape index (κ2) is 6.45. The predicted molar refractivity (Wildman–Crippen MR) is 89.3 cm³/mol. The standard InChI is InChI=1S/C17H22IN2OS/c1-3-20(18,12(2)13-7-5-4-6-8-13)17-19-15-10-9-14(21)11-16(15)22-17/h3,9-13,21H,1,4-8H2,2H3/t12-,20?/m0/s1. The van der Waals surface area contributed by atoms with Crippen molar-refractivity contribution in [3.8, 4) is 5.75 Å². The van der Waals surface area contributed by atoms with Crippen molar-refractivity contribution in [3.63, 3.8) is 0 Å². The average Bonchev–Trinajstić information content (AvgIpc) is 2.97. The molecule has 1 aromatic carbocycles. The summed E-state index contributed by atoms with van der Waals surface area (Å²) in [6.45, 7) is 6.42. The Morgan fingerprint density at radius 1 is 1.41 bits per heavy atom. The van der Waals surface area contributed by atoms with Gasteiger partial charge in [0.25, 0.3) is 5.13 Å². The smallest absolute Gasteiger partial charge is 0.270 e. The van der Waals surface area contributed by atoms with Crippen LogP contribution in [0.4, 0.5) is 5.13 Å². The van der Waals surface area contributed by atoms with E-state index in [1.807, 2.05) is 12.3 Å². The van der Waals surface area contributed by atoms with Gasteiger partial charge in [-0.05, 0) is 44.5 Å². The maximum absolute atomic E-state index is 9.66. The van der Waals surface area contributed by atoms with Crippen molar-refractivity contribution in [1.82, 2.24) is 7.68 Å². The van der Waals surface area contributed by atoms with Gasteiger partial charge in [-0.1, -0.05) is 30.6 Å². The van der Waals surface area contributed by atoms with Crippen LogP contribution in [0.25, 0.3) is 10.2 Å². The van der Waals surface area contributed by atoms with Crippen LogP contribution < -0.4 is 25.6 Å². The second-order valence-corrected chi connectivity index (χ2v) is 8.76. The Morgan fingerprint density at radius 2 is 2.14 bits per heavy atom. The number of thiazole rings is 1. The van der Waals surface area contributed by atoms with Crippen molar-refractivity contribution in [2.24, 2.45) is 5.92 Å². The molecule has 1 aromatic heterocycles. The number of phenolic OH excluding ortho intramolecular Hbond substituents is 1. The molecule has 2 atom stereocenters. The van der Waals surface area contributed by atoms with Gasteiger partial charge in [-0.15, -0.1) is 0 Å². The minimum Gasteiger partial charge on any atom is -0.508 e. The Bertz CT molecular complexity index is 680. The maximum atomic E-state index is 9.66. The molecule has 5 heteroatoms. The lowest BCUT2D eigenvalue weighted by Crippen LogP contribution is -3.48. The SMILES string of the molecule is C=C[N+]([I-])(c1nc2ccc(O)cc2s1)[C@@H](C)C1CCCCC1. The molecule has 0 saturated heterocycles. The molecular formula is C17H22IN2OS. The van der Waals surface area contributed by atoms with Gasteiger partial charge in [-0.3, -0.25) is 0 Å². The zero-order valence-electron chi connectivity index (χ0n) is 12.8. The lowest BCUT2D eigenvalue weighted by molar-refractivity contribution is -0.554. The molecular weight excluding hydrogens is 407 g/mol. The molecule has 1 N–H and O–H groups in total. The molecule has 0 spiro atoms. The highest BCUT2D eigenvalue weighted by Crippen LogP contribution is 2.37. The summed E-state index contributed by atoms with van der Waals surface area (Å²) in [6, 6.07) is 5.85. The Balaban J connectivity index is 1.97. The third kappa shape index (κ3) is 2.90. The van der Waals surface area contributed by atoms with E-state index in [1.54, 1.807) is 23.5 Å². The van der Waals surface area contributed by atoms with Gasteiger partial charge in [0, 0.05) is 5.92 Å². The molecule has 1 aliphatic rings. The zero-order valence-corrected chi connectivity index (χ0v) is 15.8. The van der Waals surface area contributed by atoms with Crippen LogP contribution >= 0.6 is 11.3 Å². The molecule has 22 heavy (non-hydrogen) atoms. The zero-order chi connectivity index (χ0) is 15.7. The van der Waals surface area contributed by atoms with Gasteiger partial charge in [-0.2, -0.15) is 4.98 Å². The van der Waals surface area contributed by atoms with Gasteiger partial charge < -0.3 is 30.7 Å². The highest BCUT2D eigenvalue weighted by Gasteiger charge is 2.33. The molecule has 1 heterocycles. The normalized spacial score (nSPS) is 20.6. The summed E-state index contributed by atoms with van der Waals surface area (Å²) in [5, 5.41) is 10.7. The molecule has 0 amide bonds. The van der Waals surface area contributed by atoms with Crippen molar-refractivity contribution >= 4 is 26.7 Å². The lowest BCUT2D eigenvalue weighted by atomic mass is 9.84. The summed E-state index contributed by atoms with van der Waals surface area (Å²) < 4.78 is 1.68. The highest BCUT2D eigenvalue weighted by atomic mass is 127. The molecule has 2 aromatic rings. The van der Waals surface area contributed by atoms with E-state index in [4.69, 9.17) is 4.98 Å². The third-order valence-corrected chi connectivity index (χ3v) is 8.02. The first-order chi connectivity index (χ1) is 10.5. The van der Waals surface area contributed by atoms with E-state index in [0.717, 1.165) is 21.3 Å². The van der Waals surface area contributed by atoms with E-state index in [0.29, 0.717) is 14.5 Å². The third-order valence-electron chi connectivity index (χ3n) is 4.84. The number of fused-ring (bicyclic) bond motifs is 1. The first kappa shape index (κ1) is 16.2. The molecule has 1 saturated carbocycles. The molecule has 1 fully saturated rings. The number of hydrogen-bond acceptors (Lipinski definition) is 3. The van der Waals surface area contributed by atoms with Gasteiger partial charge >= 0.3 is 0 Å². The Kier molecular flexibility index (Phi) is 4.75. The summed E-state index contributed by atoms with van der Waals surface area (Å²) in [5.74, 6) is 1.03. The fourth-order valence-electron chi connectivity index (χ4n) is 3.39. The molecule has 1 aliphatic carbocycles. The van der Waals surface area contributed by atoms with Gasteiger partial charge in [0.2, 0.25) is 0 Å². The van der Waals surface area contributed by atoms with E-state index >= 15 is 0 Å². The van der Waals surface area contributed by atoms with Crippen molar-refractivity contribution < 1.29 is 28.0 Å². The number of quaternary nitrogens is 1. The predicted octanol–water partition coefficient (Wildman–Crippen LogP) is 1.89. The largest absolute Gasteiger partial charge is 0.508 e. The topological polar surface area (TPSA) is 33.1 Å². The number of phenols is 1. The summed E-state index contributed by atoms with van der Waals surface area (Å²) in [7, 11) is 0. The minimum atomic E-state index is 0.299. The van der Waals surface area contributed by atoms with Crippen LogP contribution in [0.3, 0.4) is 0 Å². The van der Waals surface area contributed by atoms with Crippen LogP contribution in [0.15, 0.2) is 31.0 Å². The fraction of sp³-hybridized carbons (Fsp3) is 0.471. The van der Waals surface area contributed by atoms with Crippen LogP contribution in [0.1, 0.15) is 39.0 Å². The van der Waals surface area contributed by atoms with Crippen LogP contribution in [-0.2, 0) is 0 Å². The summed E-state index contributed by atoms with van der Waals surface area (Å²) in [4.78, 5) is 4.81. The first-order valence-electron chi connectivity index (χ1n) is 7.86. The van der Waals surface area contributed by atoms with E-state index in [1.165, 1.54) is 32.1 Å². The Morgan fingerprint density at radius 3 is 2.82 bits per heavy atom.